The highest BCUT2D eigenvalue weighted by atomic mass is 35.5. The molecule has 0 fully saturated rings. The lowest BCUT2D eigenvalue weighted by Crippen LogP contribution is -2.16. The molecule has 0 aliphatic carbocycles. The van der Waals surface area contributed by atoms with Crippen molar-refractivity contribution in [3.63, 3.8) is 0 Å². The Morgan fingerprint density at radius 1 is 1.31 bits per heavy atom. The zero-order chi connectivity index (χ0) is 10.2. The second-order valence-corrected chi connectivity index (χ2v) is 4.08. The standard InChI is InChI=1S/C10H13ClO2/c1-6-4-9(12)8(11)5-7(6)10(2,3)13/h4-5,12-13H,1-3H3. The number of halogens is 1. The van der Waals surface area contributed by atoms with Crippen molar-refractivity contribution in [1.29, 1.82) is 0 Å². The third-order valence-corrected chi connectivity index (χ3v) is 2.26. The Morgan fingerprint density at radius 2 is 1.85 bits per heavy atom. The van der Waals surface area contributed by atoms with Crippen LogP contribution < -0.4 is 0 Å². The molecular formula is C10H13ClO2. The third-order valence-electron chi connectivity index (χ3n) is 1.95. The lowest BCUT2D eigenvalue weighted by atomic mass is 9.94. The van der Waals surface area contributed by atoms with Crippen LogP contribution in [0.2, 0.25) is 5.02 Å². The van der Waals surface area contributed by atoms with Gasteiger partial charge < -0.3 is 10.2 Å². The number of hydrogen-bond donors (Lipinski definition) is 2. The summed E-state index contributed by atoms with van der Waals surface area (Å²) < 4.78 is 0. The largest absolute Gasteiger partial charge is 0.506 e. The quantitative estimate of drug-likeness (QED) is 0.732. The van der Waals surface area contributed by atoms with Crippen LogP contribution in [0.4, 0.5) is 0 Å². The number of phenolic OH excluding ortho intramolecular Hbond substituents is 1. The second kappa shape index (κ2) is 3.20. The van der Waals surface area contributed by atoms with Gasteiger partial charge in [-0.15, -0.1) is 0 Å². The first kappa shape index (κ1) is 10.4. The molecule has 0 heterocycles. The minimum absolute atomic E-state index is 0.0483. The maximum Gasteiger partial charge on any atom is 0.134 e. The number of benzene rings is 1. The predicted molar refractivity (Wildman–Crippen MR) is 53.1 cm³/mol. The van der Waals surface area contributed by atoms with Crippen molar-refractivity contribution >= 4 is 11.6 Å². The minimum Gasteiger partial charge on any atom is -0.506 e. The van der Waals surface area contributed by atoms with E-state index in [0.717, 1.165) is 11.1 Å². The Labute approximate surface area is 82.8 Å². The molecule has 1 aromatic rings. The van der Waals surface area contributed by atoms with Gasteiger partial charge in [0.15, 0.2) is 0 Å². The summed E-state index contributed by atoms with van der Waals surface area (Å²) in [5.74, 6) is 0.0483. The minimum atomic E-state index is -0.929. The zero-order valence-corrected chi connectivity index (χ0v) is 8.68. The van der Waals surface area contributed by atoms with Gasteiger partial charge in [0.2, 0.25) is 0 Å². The monoisotopic (exact) mass is 200 g/mol. The number of rotatable bonds is 1. The topological polar surface area (TPSA) is 40.5 Å². The van der Waals surface area contributed by atoms with Crippen LogP contribution in [-0.4, -0.2) is 10.2 Å². The van der Waals surface area contributed by atoms with Crippen LogP contribution >= 0.6 is 11.6 Å². The molecule has 0 radical (unpaired) electrons. The van der Waals surface area contributed by atoms with Crippen molar-refractivity contribution in [3.8, 4) is 5.75 Å². The summed E-state index contributed by atoms with van der Waals surface area (Å²) in [6.45, 7) is 5.19. The maximum atomic E-state index is 9.74. The van der Waals surface area contributed by atoms with Crippen molar-refractivity contribution in [3.05, 3.63) is 28.3 Å². The summed E-state index contributed by atoms with van der Waals surface area (Å²) in [6, 6.07) is 3.14. The molecule has 0 unspecified atom stereocenters. The third kappa shape index (κ3) is 2.14. The normalized spacial score (nSPS) is 11.8. The van der Waals surface area contributed by atoms with Crippen molar-refractivity contribution in [2.24, 2.45) is 0 Å². The number of aryl methyl sites for hydroxylation is 1. The first-order valence-electron chi connectivity index (χ1n) is 4.04. The summed E-state index contributed by atoms with van der Waals surface area (Å²) in [5, 5.41) is 19.3. The van der Waals surface area contributed by atoms with Crippen LogP contribution in [0.1, 0.15) is 25.0 Å². The molecule has 3 heteroatoms. The van der Waals surface area contributed by atoms with Gasteiger partial charge in [-0.05, 0) is 44.0 Å². The molecule has 1 aromatic carbocycles. The lowest BCUT2D eigenvalue weighted by molar-refractivity contribution is 0.0779. The second-order valence-electron chi connectivity index (χ2n) is 3.68. The van der Waals surface area contributed by atoms with Gasteiger partial charge >= 0.3 is 0 Å². The zero-order valence-electron chi connectivity index (χ0n) is 7.93. The molecule has 1 rings (SSSR count). The molecule has 72 valence electrons. The van der Waals surface area contributed by atoms with Crippen LogP contribution in [0, 0.1) is 6.92 Å². The van der Waals surface area contributed by atoms with E-state index in [1.807, 2.05) is 6.92 Å². The van der Waals surface area contributed by atoms with E-state index in [4.69, 9.17) is 11.6 Å². The Balaban J connectivity index is 3.32. The van der Waals surface area contributed by atoms with Crippen LogP contribution in [0.5, 0.6) is 5.75 Å². The molecular weight excluding hydrogens is 188 g/mol. The Kier molecular flexibility index (Phi) is 2.55. The highest BCUT2D eigenvalue weighted by Gasteiger charge is 2.19. The van der Waals surface area contributed by atoms with E-state index in [-0.39, 0.29) is 10.8 Å². The molecule has 0 amide bonds. The molecule has 0 atom stereocenters. The molecule has 0 aliphatic rings. The van der Waals surface area contributed by atoms with Crippen LogP contribution in [0.15, 0.2) is 12.1 Å². The van der Waals surface area contributed by atoms with Crippen molar-refractivity contribution < 1.29 is 10.2 Å². The SMILES string of the molecule is Cc1cc(O)c(Cl)cc1C(C)(C)O. The lowest BCUT2D eigenvalue weighted by Gasteiger charge is -2.20. The Bertz CT molecular complexity index is 326. The first-order valence-corrected chi connectivity index (χ1v) is 4.42. The fourth-order valence-electron chi connectivity index (χ4n) is 1.33. The summed E-state index contributed by atoms with van der Waals surface area (Å²) in [7, 11) is 0. The molecule has 0 saturated carbocycles. The Morgan fingerprint density at radius 3 is 2.31 bits per heavy atom. The predicted octanol–water partition coefficient (Wildman–Crippen LogP) is 2.58. The van der Waals surface area contributed by atoms with E-state index in [2.05, 4.69) is 0 Å². The summed E-state index contributed by atoms with van der Waals surface area (Å²) in [5.41, 5.74) is 0.631. The van der Waals surface area contributed by atoms with E-state index in [1.165, 1.54) is 0 Å². The molecule has 2 N–H and O–H groups in total. The molecule has 0 saturated heterocycles. The highest BCUT2D eigenvalue weighted by molar-refractivity contribution is 6.32. The first-order chi connectivity index (χ1) is 5.82. The molecule has 0 spiro atoms. The summed E-state index contributed by atoms with van der Waals surface area (Å²) in [4.78, 5) is 0. The van der Waals surface area contributed by atoms with Crippen molar-refractivity contribution in [2.75, 3.05) is 0 Å². The van der Waals surface area contributed by atoms with Crippen LogP contribution in [0.3, 0.4) is 0 Å². The number of aromatic hydroxyl groups is 1. The molecule has 13 heavy (non-hydrogen) atoms. The number of hydrogen-bond acceptors (Lipinski definition) is 2. The summed E-state index contributed by atoms with van der Waals surface area (Å²) in [6.07, 6.45) is 0. The van der Waals surface area contributed by atoms with E-state index in [9.17, 15) is 10.2 Å². The van der Waals surface area contributed by atoms with Gasteiger partial charge in [-0.3, -0.25) is 0 Å². The van der Waals surface area contributed by atoms with E-state index in [1.54, 1.807) is 26.0 Å². The maximum absolute atomic E-state index is 9.74. The van der Waals surface area contributed by atoms with E-state index < -0.39 is 5.60 Å². The Hall–Kier alpha value is -0.730. The fourth-order valence-corrected chi connectivity index (χ4v) is 1.49. The van der Waals surface area contributed by atoms with E-state index in [0.29, 0.717) is 0 Å². The highest BCUT2D eigenvalue weighted by Crippen LogP contribution is 2.32. The van der Waals surface area contributed by atoms with Gasteiger partial charge in [0.05, 0.1) is 10.6 Å². The van der Waals surface area contributed by atoms with Gasteiger partial charge in [-0.1, -0.05) is 11.6 Å². The molecule has 0 aliphatic heterocycles. The van der Waals surface area contributed by atoms with Gasteiger partial charge in [0.25, 0.3) is 0 Å². The molecule has 0 bridgehead atoms. The molecule has 0 aromatic heterocycles. The van der Waals surface area contributed by atoms with Gasteiger partial charge in [-0.25, -0.2) is 0 Å². The van der Waals surface area contributed by atoms with Crippen LogP contribution in [0.25, 0.3) is 0 Å². The molecule has 2 nitrogen and oxygen atoms in total. The number of aliphatic hydroxyl groups is 1. The summed E-state index contributed by atoms with van der Waals surface area (Å²) >= 11 is 5.73. The smallest absolute Gasteiger partial charge is 0.134 e. The number of phenols is 1. The van der Waals surface area contributed by atoms with Gasteiger partial charge in [0.1, 0.15) is 5.75 Å². The average molecular weight is 201 g/mol. The van der Waals surface area contributed by atoms with Crippen molar-refractivity contribution in [1.82, 2.24) is 0 Å². The average Bonchev–Trinajstić information content (AvgIpc) is 1.94. The van der Waals surface area contributed by atoms with E-state index >= 15 is 0 Å². The van der Waals surface area contributed by atoms with Gasteiger partial charge in [-0.2, -0.15) is 0 Å². The van der Waals surface area contributed by atoms with Crippen LogP contribution in [-0.2, 0) is 5.60 Å². The van der Waals surface area contributed by atoms with Crippen molar-refractivity contribution in [2.45, 2.75) is 26.4 Å². The fraction of sp³-hybridized carbons (Fsp3) is 0.400. The van der Waals surface area contributed by atoms with Gasteiger partial charge in [0, 0.05) is 0 Å².